The van der Waals surface area contributed by atoms with E-state index in [2.05, 4.69) is 93.6 Å². The van der Waals surface area contributed by atoms with E-state index in [0.717, 1.165) is 5.75 Å². The quantitative estimate of drug-likeness (QED) is 0.207. The van der Waals surface area contributed by atoms with Gasteiger partial charge in [0.15, 0.2) is 7.14 Å². The van der Waals surface area contributed by atoms with Crippen molar-refractivity contribution in [1.29, 1.82) is 0 Å². The van der Waals surface area contributed by atoms with Crippen LogP contribution in [-0.4, -0.2) is 7.11 Å². The van der Waals surface area contributed by atoms with Crippen LogP contribution in [-0.2, 0) is 5.41 Å². The molecule has 0 aromatic heterocycles. The van der Waals surface area contributed by atoms with Gasteiger partial charge in [-0.25, -0.2) is 0 Å². The van der Waals surface area contributed by atoms with E-state index in [-0.39, 0.29) is 26.6 Å². The van der Waals surface area contributed by atoms with Crippen molar-refractivity contribution in [2.75, 3.05) is 7.11 Å². The van der Waals surface area contributed by atoms with Gasteiger partial charge in [0.05, 0.1) is 7.11 Å². The second-order valence-corrected chi connectivity index (χ2v) is 12.5. The Morgan fingerprint density at radius 3 is 1.75 bits per heavy atom. The Balaban J connectivity index is 0.000000451. The number of aryl methyl sites for hydroxylation is 1. The Kier molecular flexibility index (Phi) is 7.32. The number of ether oxygens (including phenoxy) is 1. The molecule has 0 aliphatic heterocycles. The predicted molar refractivity (Wildman–Crippen MR) is 114 cm³/mol. The Morgan fingerprint density at radius 1 is 0.750 bits per heavy atom. The van der Waals surface area contributed by atoms with Gasteiger partial charge in [0, 0.05) is 11.0 Å². The molecule has 0 radical (unpaired) electrons. The van der Waals surface area contributed by atoms with Crippen LogP contribution in [0.15, 0.2) is 72.8 Å². The monoisotopic (exact) mass is 588 g/mol. The summed E-state index contributed by atoms with van der Waals surface area (Å²) in [5.74, 6) is 0.903. The molecule has 0 fully saturated rings. The van der Waals surface area contributed by atoms with E-state index in [1.807, 2.05) is 0 Å². The Labute approximate surface area is 194 Å². The van der Waals surface area contributed by atoms with Crippen molar-refractivity contribution in [3.05, 3.63) is 96.6 Å². The van der Waals surface area contributed by atoms with Crippen molar-refractivity contribution in [1.82, 2.24) is 0 Å². The number of benzene rings is 3. The Bertz CT molecular complexity index is 1040. The van der Waals surface area contributed by atoms with Crippen LogP contribution in [0.2, 0.25) is 0 Å². The van der Waals surface area contributed by atoms with Gasteiger partial charge < -0.3 is 4.74 Å². The molecule has 0 aliphatic carbocycles. The van der Waals surface area contributed by atoms with E-state index in [1.165, 1.54) is 23.8 Å². The SMILES string of the molecule is COc1ccc(C(C)(C)c2ccccc2[I+]c2ccc(C)cc2)cc1.F[P-](F)(F)(F)(F)F. The summed E-state index contributed by atoms with van der Waals surface area (Å²) >= 11 is -0.198. The molecule has 0 saturated carbocycles. The molecule has 0 saturated heterocycles. The maximum absolute atomic E-state index is 10.7. The summed E-state index contributed by atoms with van der Waals surface area (Å²) in [6.07, 6.45) is 0. The topological polar surface area (TPSA) is 9.23 Å². The summed E-state index contributed by atoms with van der Waals surface area (Å²) in [7, 11) is -8.95. The van der Waals surface area contributed by atoms with Crippen LogP contribution in [0.4, 0.5) is 25.2 Å². The standard InChI is InChI=1S/C23H24IO.F6P/c1-17-9-13-19(14-10-17)24-22-8-6-5-7-21(22)23(2,3)18-11-15-20(25-4)16-12-18;1-7(2,3,4,5)6/h5-16H,1-4H3;/q+1;-1. The van der Waals surface area contributed by atoms with E-state index < -0.39 is 7.81 Å². The summed E-state index contributed by atoms with van der Waals surface area (Å²) in [5.41, 5.74) is 4.02. The molecule has 0 heterocycles. The van der Waals surface area contributed by atoms with E-state index in [9.17, 15) is 25.2 Å². The second kappa shape index (κ2) is 8.86. The molecule has 3 aromatic rings. The first-order chi connectivity index (χ1) is 14.5. The zero-order valence-electron chi connectivity index (χ0n) is 17.9. The van der Waals surface area contributed by atoms with Crippen molar-refractivity contribution in [2.45, 2.75) is 26.2 Å². The van der Waals surface area contributed by atoms with Gasteiger partial charge in [0.1, 0.15) is 5.75 Å². The van der Waals surface area contributed by atoms with Gasteiger partial charge in [-0.3, -0.25) is 0 Å². The molecule has 1 nitrogen and oxygen atoms in total. The number of methoxy groups -OCH3 is 1. The van der Waals surface area contributed by atoms with Crippen molar-refractivity contribution < 1.29 is 51.1 Å². The molecule has 32 heavy (non-hydrogen) atoms. The van der Waals surface area contributed by atoms with E-state index >= 15 is 0 Å². The minimum absolute atomic E-state index is 0.0344. The zero-order valence-corrected chi connectivity index (χ0v) is 21.0. The van der Waals surface area contributed by atoms with Gasteiger partial charge in [0.25, 0.3) is 0 Å². The Hall–Kier alpha value is -1.80. The summed E-state index contributed by atoms with van der Waals surface area (Å²) < 4.78 is 67.5. The fourth-order valence-corrected chi connectivity index (χ4v) is 5.85. The molecule has 0 atom stereocenters. The second-order valence-electron chi connectivity index (χ2n) is 7.68. The minimum atomic E-state index is -10.7. The van der Waals surface area contributed by atoms with Crippen LogP contribution in [0.1, 0.15) is 30.5 Å². The molecule has 176 valence electrons. The molecule has 0 spiro atoms. The third-order valence-electron chi connectivity index (χ3n) is 4.58. The maximum atomic E-state index is 9.87. The van der Waals surface area contributed by atoms with Crippen molar-refractivity contribution in [2.24, 2.45) is 0 Å². The fraction of sp³-hybridized carbons (Fsp3) is 0.217. The van der Waals surface area contributed by atoms with E-state index in [1.54, 1.807) is 7.11 Å². The number of halogens is 7. The van der Waals surface area contributed by atoms with Crippen LogP contribution in [0, 0.1) is 14.1 Å². The van der Waals surface area contributed by atoms with Gasteiger partial charge in [-0.15, -0.1) is 0 Å². The van der Waals surface area contributed by atoms with Crippen LogP contribution >= 0.6 is 7.81 Å². The molecule has 0 bridgehead atoms. The third kappa shape index (κ3) is 9.36. The van der Waals surface area contributed by atoms with Crippen LogP contribution in [0.3, 0.4) is 0 Å². The molecule has 9 heteroatoms. The number of rotatable bonds is 5. The van der Waals surface area contributed by atoms with Crippen molar-refractivity contribution in [3.8, 4) is 5.75 Å². The molecular weight excluding hydrogens is 564 g/mol. The fourth-order valence-electron chi connectivity index (χ4n) is 2.93. The summed E-state index contributed by atoms with van der Waals surface area (Å²) in [4.78, 5) is 0. The van der Waals surface area contributed by atoms with Crippen LogP contribution in [0.25, 0.3) is 0 Å². The first-order valence-electron chi connectivity index (χ1n) is 9.47. The average Bonchev–Trinajstić information content (AvgIpc) is 2.68. The molecule has 0 aliphatic rings. The number of hydrogen-bond acceptors (Lipinski definition) is 1. The molecule has 3 aromatic carbocycles. The third-order valence-corrected chi connectivity index (χ3v) is 7.44. The van der Waals surface area contributed by atoms with E-state index in [4.69, 9.17) is 4.74 Å². The average molecular weight is 588 g/mol. The van der Waals surface area contributed by atoms with Crippen LogP contribution < -0.4 is 25.9 Å². The molecule has 0 N–H and O–H groups in total. The summed E-state index contributed by atoms with van der Waals surface area (Å²) in [6, 6.07) is 26.3. The Morgan fingerprint density at radius 2 is 1.25 bits per heavy atom. The van der Waals surface area contributed by atoms with Gasteiger partial charge in [-0.2, -0.15) is 0 Å². The van der Waals surface area contributed by atoms with Crippen LogP contribution in [0.5, 0.6) is 5.75 Å². The zero-order chi connectivity index (χ0) is 24.3. The van der Waals surface area contributed by atoms with Crippen molar-refractivity contribution >= 4 is 7.81 Å². The normalized spacial score (nSPS) is 13.9. The van der Waals surface area contributed by atoms with Crippen molar-refractivity contribution in [3.63, 3.8) is 0 Å². The molecule has 0 amide bonds. The molecule has 0 unspecified atom stereocenters. The first kappa shape index (κ1) is 26.5. The van der Waals surface area contributed by atoms with Gasteiger partial charge >= 0.3 is 54.2 Å². The van der Waals surface area contributed by atoms with Gasteiger partial charge in [-0.1, -0.05) is 61.9 Å². The molecular formula is C23H24F6IOP. The molecule has 3 rings (SSSR count). The number of hydrogen-bond donors (Lipinski definition) is 0. The predicted octanol–water partition coefficient (Wildman–Crippen LogP) is 5.84. The summed E-state index contributed by atoms with van der Waals surface area (Å²) in [6.45, 7) is 6.77. The summed E-state index contributed by atoms with van der Waals surface area (Å²) in [5, 5.41) is 0. The van der Waals surface area contributed by atoms with Gasteiger partial charge in [0.2, 0.25) is 0 Å². The van der Waals surface area contributed by atoms with E-state index in [0.29, 0.717) is 0 Å². The van der Waals surface area contributed by atoms with Gasteiger partial charge in [-0.05, 0) is 42.8 Å². The first-order valence-corrected chi connectivity index (χ1v) is 13.7.